The van der Waals surface area contributed by atoms with Crippen molar-refractivity contribution in [2.24, 2.45) is 5.92 Å². The predicted octanol–water partition coefficient (Wildman–Crippen LogP) is 0.749. The zero-order valence-electron chi connectivity index (χ0n) is 14.4. The molecule has 1 heterocycles. The van der Waals surface area contributed by atoms with Crippen molar-refractivity contribution < 1.29 is 24.0 Å². The molecule has 0 aromatic heterocycles. The lowest BCUT2D eigenvalue weighted by Crippen LogP contribution is -2.33. The van der Waals surface area contributed by atoms with E-state index in [0.29, 0.717) is 17.9 Å². The third kappa shape index (κ3) is 4.17. The second-order valence-electron chi connectivity index (χ2n) is 5.81. The Morgan fingerprint density at radius 2 is 2.00 bits per heavy atom. The molecule has 1 aliphatic heterocycles. The largest absolute Gasteiger partial charge is 0.493 e. The number of ether oxygens (including phenoxy) is 2. The van der Waals surface area contributed by atoms with Crippen molar-refractivity contribution in [3.05, 3.63) is 27.8 Å². The molecule has 0 saturated carbocycles. The lowest BCUT2D eigenvalue weighted by molar-refractivity contribution is -0.385. The average Bonchev–Trinajstić information content (AvgIpc) is 2.93. The van der Waals surface area contributed by atoms with Gasteiger partial charge < -0.3 is 19.7 Å². The number of nitrogens with one attached hydrogen (secondary N) is 1. The van der Waals surface area contributed by atoms with E-state index in [9.17, 15) is 19.7 Å². The summed E-state index contributed by atoms with van der Waals surface area (Å²) in [5, 5.41) is 14.0. The minimum Gasteiger partial charge on any atom is -0.493 e. The number of rotatable bonds is 7. The zero-order valence-corrected chi connectivity index (χ0v) is 14.4. The van der Waals surface area contributed by atoms with Crippen LogP contribution in [0.25, 0.3) is 0 Å². The molecule has 0 aliphatic carbocycles. The summed E-state index contributed by atoms with van der Waals surface area (Å²) >= 11 is 0. The molecule has 1 saturated heterocycles. The summed E-state index contributed by atoms with van der Waals surface area (Å²) in [7, 11) is 4.51. The maximum Gasteiger partial charge on any atom is 0.276 e. The Kier molecular flexibility index (Phi) is 5.79. The van der Waals surface area contributed by atoms with E-state index in [1.54, 1.807) is 7.05 Å². The number of nitro groups is 1. The first kappa shape index (κ1) is 18.5. The fraction of sp³-hybridized carbons (Fsp3) is 0.500. The molecule has 0 radical (unpaired) electrons. The van der Waals surface area contributed by atoms with Crippen LogP contribution in [-0.4, -0.2) is 56.0 Å². The van der Waals surface area contributed by atoms with E-state index in [4.69, 9.17) is 9.47 Å². The first-order valence-electron chi connectivity index (χ1n) is 7.78. The van der Waals surface area contributed by atoms with Crippen molar-refractivity contribution in [1.82, 2.24) is 10.2 Å². The van der Waals surface area contributed by atoms with Crippen LogP contribution in [0.15, 0.2) is 12.1 Å². The van der Waals surface area contributed by atoms with E-state index in [2.05, 4.69) is 5.32 Å². The van der Waals surface area contributed by atoms with Gasteiger partial charge in [0.1, 0.15) is 0 Å². The maximum atomic E-state index is 12.1. The second kappa shape index (κ2) is 7.82. The van der Waals surface area contributed by atoms with E-state index < -0.39 is 4.92 Å². The Hall–Kier alpha value is -2.84. The molecule has 136 valence electrons. The highest BCUT2D eigenvalue weighted by molar-refractivity contribution is 5.89. The van der Waals surface area contributed by atoms with Gasteiger partial charge in [0.25, 0.3) is 5.69 Å². The van der Waals surface area contributed by atoms with Crippen LogP contribution >= 0.6 is 0 Å². The molecular formula is C16H21N3O6. The number of amides is 2. The normalized spacial score (nSPS) is 16.7. The van der Waals surface area contributed by atoms with Crippen LogP contribution in [0, 0.1) is 16.0 Å². The van der Waals surface area contributed by atoms with E-state index in [1.165, 1.54) is 31.3 Å². The highest BCUT2D eigenvalue weighted by Gasteiger charge is 2.31. The highest BCUT2D eigenvalue weighted by Crippen LogP contribution is 2.34. The molecule has 1 aromatic rings. The molecule has 25 heavy (non-hydrogen) atoms. The Morgan fingerprint density at radius 1 is 1.36 bits per heavy atom. The van der Waals surface area contributed by atoms with Crippen LogP contribution in [0.3, 0.4) is 0 Å². The minimum atomic E-state index is -0.496. The average molecular weight is 351 g/mol. The molecule has 9 heteroatoms. The van der Waals surface area contributed by atoms with Crippen LogP contribution in [0.2, 0.25) is 0 Å². The smallest absolute Gasteiger partial charge is 0.276 e. The van der Waals surface area contributed by atoms with Gasteiger partial charge in [-0.1, -0.05) is 0 Å². The van der Waals surface area contributed by atoms with Gasteiger partial charge in [0, 0.05) is 32.1 Å². The molecule has 1 aromatic carbocycles. The number of carbonyl (C=O) groups is 2. The quantitative estimate of drug-likeness (QED) is 0.573. The number of nitrogens with zero attached hydrogens (tertiary/aromatic N) is 2. The fourth-order valence-electron chi connectivity index (χ4n) is 2.78. The topological polar surface area (TPSA) is 111 Å². The SMILES string of the molecule is COc1cc(CCNC(=O)C2CC(=O)N(C)C2)c([N+](=O)[O-])cc1OC. The van der Waals surface area contributed by atoms with E-state index in [-0.39, 0.29) is 48.6 Å². The summed E-state index contributed by atoms with van der Waals surface area (Å²) in [5.41, 5.74) is 0.338. The predicted molar refractivity (Wildman–Crippen MR) is 88.7 cm³/mol. The third-order valence-corrected chi connectivity index (χ3v) is 4.19. The Bertz CT molecular complexity index is 691. The maximum absolute atomic E-state index is 12.1. The molecule has 2 rings (SSSR count). The number of hydrogen-bond acceptors (Lipinski definition) is 6. The van der Waals surface area contributed by atoms with Gasteiger partial charge in [0.05, 0.1) is 31.1 Å². The van der Waals surface area contributed by atoms with Gasteiger partial charge in [-0.2, -0.15) is 0 Å². The van der Waals surface area contributed by atoms with E-state index >= 15 is 0 Å². The molecule has 0 spiro atoms. The van der Waals surface area contributed by atoms with Gasteiger partial charge in [-0.15, -0.1) is 0 Å². The van der Waals surface area contributed by atoms with Crippen LogP contribution in [-0.2, 0) is 16.0 Å². The zero-order chi connectivity index (χ0) is 18.6. The first-order valence-corrected chi connectivity index (χ1v) is 7.78. The molecule has 1 fully saturated rings. The van der Waals surface area contributed by atoms with Crippen molar-refractivity contribution in [2.45, 2.75) is 12.8 Å². The van der Waals surface area contributed by atoms with Gasteiger partial charge >= 0.3 is 0 Å². The summed E-state index contributed by atoms with van der Waals surface area (Å²) in [6, 6.07) is 2.84. The number of likely N-dealkylation sites (tertiary alicyclic amines) is 1. The van der Waals surface area contributed by atoms with Gasteiger partial charge in [-0.05, 0) is 12.5 Å². The Labute approximate surface area is 145 Å². The first-order chi connectivity index (χ1) is 11.9. The minimum absolute atomic E-state index is 0.0596. The number of nitro benzene ring substituents is 1. The number of methoxy groups -OCH3 is 2. The standard InChI is InChI=1S/C16H21N3O6/c1-18-9-11(7-15(18)20)16(21)17-5-4-10-6-13(24-2)14(25-3)8-12(10)19(22)23/h6,8,11H,4-5,7,9H2,1-3H3,(H,17,21). The number of benzene rings is 1. The third-order valence-electron chi connectivity index (χ3n) is 4.19. The molecular weight excluding hydrogens is 330 g/mol. The van der Waals surface area contributed by atoms with Gasteiger partial charge in [-0.25, -0.2) is 0 Å². The van der Waals surface area contributed by atoms with Gasteiger partial charge in [-0.3, -0.25) is 19.7 Å². The van der Waals surface area contributed by atoms with Crippen molar-refractivity contribution in [1.29, 1.82) is 0 Å². The molecule has 1 aliphatic rings. The lowest BCUT2D eigenvalue weighted by atomic mass is 10.1. The monoisotopic (exact) mass is 351 g/mol. The summed E-state index contributed by atoms with van der Waals surface area (Å²) in [6.45, 7) is 0.616. The van der Waals surface area contributed by atoms with Crippen molar-refractivity contribution in [2.75, 3.05) is 34.4 Å². The molecule has 0 bridgehead atoms. The van der Waals surface area contributed by atoms with Crippen LogP contribution in [0.4, 0.5) is 5.69 Å². The summed E-state index contributed by atoms with van der Waals surface area (Å²) in [5.74, 6) is 0.00123. The molecule has 1 unspecified atom stereocenters. The molecule has 1 atom stereocenters. The molecule has 2 amide bonds. The van der Waals surface area contributed by atoms with Crippen LogP contribution < -0.4 is 14.8 Å². The van der Waals surface area contributed by atoms with Crippen molar-refractivity contribution in [3.8, 4) is 11.5 Å². The number of carbonyl (C=O) groups excluding carboxylic acids is 2. The molecule has 9 nitrogen and oxygen atoms in total. The van der Waals surface area contributed by atoms with E-state index in [1.807, 2.05) is 0 Å². The van der Waals surface area contributed by atoms with Gasteiger partial charge in [0.15, 0.2) is 11.5 Å². The van der Waals surface area contributed by atoms with E-state index in [0.717, 1.165) is 0 Å². The number of hydrogen-bond donors (Lipinski definition) is 1. The van der Waals surface area contributed by atoms with Crippen LogP contribution in [0.5, 0.6) is 11.5 Å². The fourth-order valence-corrected chi connectivity index (χ4v) is 2.78. The van der Waals surface area contributed by atoms with Crippen molar-refractivity contribution >= 4 is 17.5 Å². The van der Waals surface area contributed by atoms with Crippen molar-refractivity contribution in [3.63, 3.8) is 0 Å². The summed E-state index contributed by atoms with van der Waals surface area (Å²) in [4.78, 5) is 35.8. The Morgan fingerprint density at radius 3 is 2.52 bits per heavy atom. The Balaban J connectivity index is 2.03. The van der Waals surface area contributed by atoms with Crippen LogP contribution in [0.1, 0.15) is 12.0 Å². The second-order valence-corrected chi connectivity index (χ2v) is 5.81. The molecule has 1 N–H and O–H groups in total. The lowest BCUT2D eigenvalue weighted by Gasteiger charge is -2.12. The summed E-state index contributed by atoms with van der Waals surface area (Å²) < 4.78 is 10.2. The summed E-state index contributed by atoms with van der Waals surface area (Å²) in [6.07, 6.45) is 0.456. The van der Waals surface area contributed by atoms with Gasteiger partial charge in [0.2, 0.25) is 11.8 Å². The highest BCUT2D eigenvalue weighted by atomic mass is 16.6.